The van der Waals surface area contributed by atoms with Gasteiger partial charge in [-0.15, -0.1) is 0 Å². The lowest BCUT2D eigenvalue weighted by Gasteiger charge is -2.18. The molecule has 0 heterocycles. The van der Waals surface area contributed by atoms with Gasteiger partial charge in [-0.05, 0) is 83.5 Å². The van der Waals surface area contributed by atoms with Crippen LogP contribution >= 0.6 is 0 Å². The molecule has 70 heavy (non-hydrogen) atoms. The lowest BCUT2D eigenvalue weighted by atomic mass is 10.0. The Labute approximate surface area is 435 Å². The van der Waals surface area contributed by atoms with Gasteiger partial charge in [-0.2, -0.15) is 0 Å². The number of esters is 3. The largest absolute Gasteiger partial charge is 0.462 e. The molecule has 0 saturated carbocycles. The van der Waals surface area contributed by atoms with Gasteiger partial charge in [0.25, 0.3) is 0 Å². The first-order valence-electron chi connectivity index (χ1n) is 30.6. The first-order chi connectivity index (χ1) is 34.5. The number of hydrogen-bond donors (Lipinski definition) is 0. The summed E-state index contributed by atoms with van der Waals surface area (Å²) in [5, 5.41) is 0. The van der Waals surface area contributed by atoms with Gasteiger partial charge in [0.2, 0.25) is 0 Å². The zero-order chi connectivity index (χ0) is 50.7. The van der Waals surface area contributed by atoms with E-state index in [1.165, 1.54) is 193 Å². The molecule has 0 spiro atoms. The first-order valence-corrected chi connectivity index (χ1v) is 30.6. The molecule has 0 amide bonds. The van der Waals surface area contributed by atoms with Gasteiger partial charge in [-0.25, -0.2) is 0 Å². The van der Waals surface area contributed by atoms with Crippen LogP contribution in [0, 0.1) is 0 Å². The molecule has 0 aliphatic carbocycles. The number of hydrogen-bond acceptors (Lipinski definition) is 6. The van der Waals surface area contributed by atoms with Crippen LogP contribution in [0.5, 0.6) is 0 Å². The van der Waals surface area contributed by atoms with Crippen LogP contribution in [0.1, 0.15) is 323 Å². The zero-order valence-corrected chi connectivity index (χ0v) is 46.8. The zero-order valence-electron chi connectivity index (χ0n) is 46.8. The molecule has 0 aliphatic heterocycles. The average Bonchev–Trinajstić information content (AvgIpc) is 3.36. The van der Waals surface area contributed by atoms with Gasteiger partial charge < -0.3 is 14.2 Å². The van der Waals surface area contributed by atoms with Gasteiger partial charge in [-0.1, -0.05) is 268 Å². The molecule has 0 aliphatic rings. The van der Waals surface area contributed by atoms with Crippen LogP contribution in [0.4, 0.5) is 0 Å². The van der Waals surface area contributed by atoms with Crippen LogP contribution in [0.2, 0.25) is 0 Å². The minimum atomic E-state index is -0.776. The fourth-order valence-electron chi connectivity index (χ4n) is 8.92. The number of carbonyl (C=O) groups excluding carboxylic acids is 3. The van der Waals surface area contributed by atoms with Crippen LogP contribution < -0.4 is 0 Å². The van der Waals surface area contributed by atoms with Crippen LogP contribution in [0.15, 0.2) is 48.6 Å². The van der Waals surface area contributed by atoms with E-state index in [-0.39, 0.29) is 31.1 Å². The Hall–Kier alpha value is -2.63. The lowest BCUT2D eigenvalue weighted by molar-refractivity contribution is -0.167. The van der Waals surface area contributed by atoms with Crippen LogP contribution in [0.25, 0.3) is 0 Å². The van der Waals surface area contributed by atoms with Gasteiger partial charge in [0.15, 0.2) is 6.10 Å². The molecule has 1 atom stereocenters. The highest BCUT2D eigenvalue weighted by Crippen LogP contribution is 2.17. The van der Waals surface area contributed by atoms with Crippen LogP contribution in [-0.4, -0.2) is 37.2 Å². The Kier molecular flexibility index (Phi) is 56.7. The smallest absolute Gasteiger partial charge is 0.306 e. The summed E-state index contributed by atoms with van der Waals surface area (Å²) in [6, 6.07) is 0. The summed E-state index contributed by atoms with van der Waals surface area (Å²) in [5.74, 6) is -0.882. The molecule has 0 aromatic rings. The molecule has 0 bridgehead atoms. The van der Waals surface area contributed by atoms with E-state index in [9.17, 15) is 14.4 Å². The summed E-state index contributed by atoms with van der Waals surface area (Å²) in [4.78, 5) is 38.0. The fraction of sp³-hybridized carbons (Fsp3) is 0.828. The Balaban J connectivity index is 4.06. The van der Waals surface area contributed by atoms with Crippen LogP contribution in [0.3, 0.4) is 0 Å². The highest BCUT2D eigenvalue weighted by atomic mass is 16.6. The van der Waals surface area contributed by atoms with Gasteiger partial charge in [0.05, 0.1) is 0 Å². The van der Waals surface area contributed by atoms with Crippen LogP contribution in [-0.2, 0) is 28.6 Å². The number of rotatable bonds is 56. The van der Waals surface area contributed by atoms with Crippen molar-refractivity contribution in [3.63, 3.8) is 0 Å². The molecule has 0 rings (SSSR count). The molecule has 0 fully saturated rings. The summed E-state index contributed by atoms with van der Waals surface area (Å²) in [6.45, 7) is 6.59. The number of ether oxygens (including phenoxy) is 3. The Morgan fingerprint density at radius 1 is 0.286 bits per heavy atom. The van der Waals surface area contributed by atoms with Crippen molar-refractivity contribution in [3.05, 3.63) is 48.6 Å². The molecule has 408 valence electrons. The average molecular weight is 982 g/mol. The summed E-state index contributed by atoms with van der Waals surface area (Å²) in [6.07, 6.45) is 72.9. The highest BCUT2D eigenvalue weighted by molar-refractivity contribution is 5.71. The first kappa shape index (κ1) is 67.4. The molecule has 0 N–H and O–H groups in total. The summed E-state index contributed by atoms with van der Waals surface area (Å²) in [5.41, 5.74) is 0. The molecule has 0 saturated heterocycles. The number of carbonyl (C=O) groups is 3. The molecule has 0 radical (unpaired) electrons. The third kappa shape index (κ3) is 56.3. The van der Waals surface area contributed by atoms with Crippen molar-refractivity contribution < 1.29 is 28.6 Å². The van der Waals surface area contributed by atoms with E-state index in [4.69, 9.17) is 14.2 Å². The Bertz CT molecular complexity index is 1220. The monoisotopic (exact) mass is 981 g/mol. The molecule has 1 unspecified atom stereocenters. The van der Waals surface area contributed by atoms with Crippen molar-refractivity contribution in [3.8, 4) is 0 Å². The maximum Gasteiger partial charge on any atom is 0.306 e. The van der Waals surface area contributed by atoms with Gasteiger partial charge in [0.1, 0.15) is 13.2 Å². The third-order valence-corrected chi connectivity index (χ3v) is 13.6. The second-order valence-electron chi connectivity index (χ2n) is 20.6. The van der Waals surface area contributed by atoms with Gasteiger partial charge in [-0.3, -0.25) is 14.4 Å². The van der Waals surface area contributed by atoms with E-state index in [2.05, 4.69) is 69.4 Å². The van der Waals surface area contributed by atoms with Crippen molar-refractivity contribution in [2.24, 2.45) is 0 Å². The minimum absolute atomic E-state index is 0.0755. The SMILES string of the molecule is CCCCCC/C=C\C/C=C\CCCCCCCC(=O)OC(COC(=O)CCCCCCCCC)COC(=O)CCCCCCCCCCCCCCCCCCC/C=C\C/C=C\CCCCCCC. The van der Waals surface area contributed by atoms with Crippen molar-refractivity contribution in [2.75, 3.05) is 13.2 Å². The lowest BCUT2D eigenvalue weighted by Crippen LogP contribution is -2.30. The normalized spacial score (nSPS) is 12.3. The van der Waals surface area contributed by atoms with Gasteiger partial charge in [0, 0.05) is 19.3 Å². The van der Waals surface area contributed by atoms with Crippen molar-refractivity contribution in [2.45, 2.75) is 329 Å². The van der Waals surface area contributed by atoms with E-state index in [1.807, 2.05) is 0 Å². The maximum atomic E-state index is 12.8. The van der Waals surface area contributed by atoms with E-state index in [0.717, 1.165) is 89.9 Å². The number of allylic oxidation sites excluding steroid dienone is 8. The second-order valence-corrected chi connectivity index (χ2v) is 20.6. The molecular formula is C64H116O6. The van der Waals surface area contributed by atoms with Crippen molar-refractivity contribution in [1.29, 1.82) is 0 Å². The molecular weight excluding hydrogens is 865 g/mol. The molecule has 0 aromatic carbocycles. The van der Waals surface area contributed by atoms with E-state index < -0.39 is 6.10 Å². The predicted octanol–water partition coefficient (Wildman–Crippen LogP) is 20.6. The Morgan fingerprint density at radius 2 is 0.514 bits per heavy atom. The Morgan fingerprint density at radius 3 is 0.800 bits per heavy atom. The van der Waals surface area contributed by atoms with E-state index in [1.54, 1.807) is 0 Å². The fourth-order valence-corrected chi connectivity index (χ4v) is 8.92. The molecule has 6 heteroatoms. The topological polar surface area (TPSA) is 78.9 Å². The van der Waals surface area contributed by atoms with E-state index in [0.29, 0.717) is 19.3 Å². The molecule has 0 aromatic heterocycles. The molecule has 6 nitrogen and oxygen atoms in total. The number of unbranched alkanes of at least 4 members (excludes halogenated alkanes) is 37. The maximum absolute atomic E-state index is 12.8. The highest BCUT2D eigenvalue weighted by Gasteiger charge is 2.19. The standard InChI is InChI=1S/C64H116O6/c1-4-7-10-13-16-18-20-22-24-26-27-28-29-30-31-32-33-34-35-36-37-38-40-41-43-45-48-51-54-57-63(66)69-60-61(59-68-62(65)56-53-50-47-15-12-9-6-3)70-64(67)58-55-52-49-46-44-42-39-25-23-21-19-17-14-11-8-5-2/h19-22,25-27,39,61H,4-18,23-24,28-38,40-60H2,1-3H3/b21-19-,22-20-,27-26-,39-25-. The van der Waals surface area contributed by atoms with Crippen molar-refractivity contribution >= 4 is 17.9 Å². The van der Waals surface area contributed by atoms with Gasteiger partial charge >= 0.3 is 17.9 Å². The summed E-state index contributed by atoms with van der Waals surface area (Å²) in [7, 11) is 0. The predicted molar refractivity (Wildman–Crippen MR) is 302 cm³/mol. The second kappa shape index (κ2) is 58.9. The van der Waals surface area contributed by atoms with E-state index >= 15 is 0 Å². The van der Waals surface area contributed by atoms with Crippen molar-refractivity contribution in [1.82, 2.24) is 0 Å². The minimum Gasteiger partial charge on any atom is -0.462 e. The third-order valence-electron chi connectivity index (χ3n) is 13.6. The quantitative estimate of drug-likeness (QED) is 0.0261. The summed E-state index contributed by atoms with van der Waals surface area (Å²) < 4.78 is 16.8. The summed E-state index contributed by atoms with van der Waals surface area (Å²) >= 11 is 0.